The van der Waals surface area contributed by atoms with Crippen LogP contribution in [0, 0.1) is 0 Å². The number of halogens is 6. The summed E-state index contributed by atoms with van der Waals surface area (Å²) in [6.07, 6.45) is -5.17. The zero-order valence-electron chi connectivity index (χ0n) is 8.99. The van der Waals surface area contributed by atoms with Gasteiger partial charge in [0.15, 0.2) is 0 Å². The lowest BCUT2D eigenvalue weighted by atomic mass is 9.93. The lowest BCUT2D eigenvalue weighted by molar-refractivity contribution is -0.137. The van der Waals surface area contributed by atoms with Crippen molar-refractivity contribution < 1.29 is 22.0 Å². The summed E-state index contributed by atoms with van der Waals surface area (Å²) in [5.41, 5.74) is 2.29. The Balaban J connectivity index is 2.52. The molecule has 1 nitrogen and oxygen atoms in total. The van der Waals surface area contributed by atoms with Crippen LogP contribution in [0.1, 0.15) is 17.5 Å². The second-order valence-electron chi connectivity index (χ2n) is 4.36. The Kier molecular flexibility index (Phi) is 2.86. The molecule has 0 bridgehead atoms. The van der Waals surface area contributed by atoms with Crippen molar-refractivity contribution >= 4 is 11.6 Å². The highest BCUT2D eigenvalue weighted by molar-refractivity contribution is 6.31. The average Bonchev–Trinajstić information content (AvgIpc) is 2.81. The van der Waals surface area contributed by atoms with Gasteiger partial charge in [-0.05, 0) is 23.8 Å². The molecule has 2 N–H and O–H groups in total. The van der Waals surface area contributed by atoms with Gasteiger partial charge in [0.25, 0.3) is 5.92 Å². The molecule has 100 valence electrons. The van der Waals surface area contributed by atoms with E-state index in [1.54, 1.807) is 0 Å². The highest BCUT2D eigenvalue weighted by atomic mass is 35.5. The van der Waals surface area contributed by atoms with Crippen LogP contribution in [0.4, 0.5) is 22.0 Å². The largest absolute Gasteiger partial charge is 0.416 e. The second kappa shape index (κ2) is 3.81. The topological polar surface area (TPSA) is 26.0 Å². The molecule has 7 heteroatoms. The van der Waals surface area contributed by atoms with Gasteiger partial charge < -0.3 is 5.73 Å². The fourth-order valence-electron chi connectivity index (χ4n) is 2.03. The molecule has 1 aliphatic rings. The van der Waals surface area contributed by atoms with Gasteiger partial charge in [0.2, 0.25) is 0 Å². The third-order valence-electron chi connectivity index (χ3n) is 3.26. The summed E-state index contributed by atoms with van der Waals surface area (Å²) in [7, 11) is 0. The zero-order chi connectivity index (χ0) is 13.8. The average molecular weight is 286 g/mol. The summed E-state index contributed by atoms with van der Waals surface area (Å²) >= 11 is 5.72. The monoisotopic (exact) mass is 285 g/mol. The fourth-order valence-corrected chi connectivity index (χ4v) is 2.33. The van der Waals surface area contributed by atoms with E-state index >= 15 is 0 Å². The quantitative estimate of drug-likeness (QED) is 0.826. The van der Waals surface area contributed by atoms with Gasteiger partial charge in [0.1, 0.15) is 0 Å². The minimum atomic E-state index is -4.60. The molecular formula is C11H9ClF5N. The third-order valence-corrected chi connectivity index (χ3v) is 3.59. The molecule has 1 atom stereocenters. The van der Waals surface area contributed by atoms with Crippen molar-refractivity contribution in [3.05, 3.63) is 34.3 Å². The van der Waals surface area contributed by atoms with Crippen LogP contribution in [0.5, 0.6) is 0 Å². The predicted molar refractivity (Wildman–Crippen MR) is 56.8 cm³/mol. The maximum atomic E-state index is 13.3. The molecule has 18 heavy (non-hydrogen) atoms. The van der Waals surface area contributed by atoms with Crippen LogP contribution in [0.25, 0.3) is 0 Å². The first-order valence-corrected chi connectivity index (χ1v) is 5.47. The van der Waals surface area contributed by atoms with E-state index in [0.717, 1.165) is 12.1 Å². The predicted octanol–water partition coefficient (Wildman–Crippen LogP) is 3.59. The number of hydrogen-bond donors (Lipinski definition) is 1. The summed E-state index contributed by atoms with van der Waals surface area (Å²) in [5.74, 6) is -3.10. The van der Waals surface area contributed by atoms with Crippen LogP contribution in [0.15, 0.2) is 18.2 Å². The van der Waals surface area contributed by atoms with E-state index < -0.39 is 36.0 Å². The molecule has 0 aromatic heterocycles. The Bertz CT molecular complexity index is 485. The zero-order valence-corrected chi connectivity index (χ0v) is 9.75. The highest BCUT2D eigenvalue weighted by Crippen LogP contribution is 2.62. The molecule has 1 aliphatic carbocycles. The lowest BCUT2D eigenvalue weighted by Gasteiger charge is -2.18. The summed E-state index contributed by atoms with van der Waals surface area (Å²) < 4.78 is 64.3. The first-order chi connectivity index (χ1) is 8.14. The molecule has 0 saturated heterocycles. The third kappa shape index (κ3) is 1.87. The first-order valence-electron chi connectivity index (χ1n) is 5.09. The van der Waals surface area contributed by atoms with Gasteiger partial charge in [0, 0.05) is 18.0 Å². The standard InChI is InChI=1S/C11H9ClF5N/c12-8-2-1-6(11(15,16)17)3-7(8)9(5-18)4-10(9,13)14/h1-3H,4-5,18H2. The minimum absolute atomic E-state index is 0.120. The van der Waals surface area contributed by atoms with E-state index in [9.17, 15) is 22.0 Å². The smallest absolute Gasteiger partial charge is 0.329 e. The highest BCUT2D eigenvalue weighted by Gasteiger charge is 2.71. The molecule has 0 radical (unpaired) electrons. The lowest BCUT2D eigenvalue weighted by Crippen LogP contribution is -2.27. The molecule has 0 spiro atoms. The van der Waals surface area contributed by atoms with Crippen molar-refractivity contribution in [1.82, 2.24) is 0 Å². The number of alkyl halides is 5. The van der Waals surface area contributed by atoms with Crippen LogP contribution in [-0.2, 0) is 11.6 Å². The molecule has 1 unspecified atom stereocenters. The normalized spacial score (nSPS) is 26.2. The van der Waals surface area contributed by atoms with Crippen molar-refractivity contribution in [2.75, 3.05) is 6.54 Å². The van der Waals surface area contributed by atoms with E-state index in [4.69, 9.17) is 17.3 Å². The van der Waals surface area contributed by atoms with Crippen LogP contribution in [0.2, 0.25) is 5.02 Å². The molecule has 0 heterocycles. The van der Waals surface area contributed by atoms with Crippen LogP contribution < -0.4 is 5.73 Å². The van der Waals surface area contributed by atoms with Crippen molar-refractivity contribution in [3.63, 3.8) is 0 Å². The molecule has 2 rings (SSSR count). The number of rotatable bonds is 2. The van der Waals surface area contributed by atoms with E-state index in [0.29, 0.717) is 6.07 Å². The summed E-state index contributed by atoms with van der Waals surface area (Å²) in [6.45, 7) is -0.443. The van der Waals surface area contributed by atoms with Gasteiger partial charge in [-0.15, -0.1) is 0 Å². The van der Waals surface area contributed by atoms with Gasteiger partial charge in [0.05, 0.1) is 11.0 Å². The molecule has 1 aromatic rings. The van der Waals surface area contributed by atoms with Gasteiger partial charge in [-0.2, -0.15) is 13.2 Å². The Morgan fingerprint density at radius 1 is 1.28 bits per heavy atom. The fraction of sp³-hybridized carbons (Fsp3) is 0.455. The van der Waals surface area contributed by atoms with Crippen molar-refractivity contribution in [2.24, 2.45) is 5.73 Å². The number of hydrogen-bond acceptors (Lipinski definition) is 1. The van der Waals surface area contributed by atoms with Crippen LogP contribution in [-0.4, -0.2) is 12.5 Å². The van der Waals surface area contributed by atoms with E-state index in [2.05, 4.69) is 0 Å². The second-order valence-corrected chi connectivity index (χ2v) is 4.77. The Labute approximate surface area is 105 Å². The van der Waals surface area contributed by atoms with Crippen molar-refractivity contribution in [1.29, 1.82) is 0 Å². The summed E-state index contributed by atoms with van der Waals surface area (Å²) in [5, 5.41) is -0.120. The molecule has 0 aliphatic heterocycles. The van der Waals surface area contributed by atoms with E-state index in [-0.39, 0.29) is 10.6 Å². The molecular weight excluding hydrogens is 277 g/mol. The van der Waals surface area contributed by atoms with Crippen LogP contribution >= 0.6 is 11.6 Å². The molecule has 1 saturated carbocycles. The minimum Gasteiger partial charge on any atom is -0.329 e. The Morgan fingerprint density at radius 3 is 2.22 bits per heavy atom. The van der Waals surface area contributed by atoms with Crippen LogP contribution in [0.3, 0.4) is 0 Å². The molecule has 0 amide bonds. The Morgan fingerprint density at radius 2 is 1.83 bits per heavy atom. The summed E-state index contributed by atoms with van der Waals surface area (Å²) in [4.78, 5) is 0. The summed E-state index contributed by atoms with van der Waals surface area (Å²) in [6, 6.07) is 2.40. The van der Waals surface area contributed by atoms with E-state index in [1.807, 2.05) is 0 Å². The number of benzene rings is 1. The Hall–Kier alpha value is -0.880. The van der Waals surface area contributed by atoms with Gasteiger partial charge in [-0.3, -0.25) is 0 Å². The maximum absolute atomic E-state index is 13.3. The molecule has 1 aromatic carbocycles. The van der Waals surface area contributed by atoms with E-state index in [1.165, 1.54) is 0 Å². The van der Waals surface area contributed by atoms with Gasteiger partial charge >= 0.3 is 6.18 Å². The maximum Gasteiger partial charge on any atom is 0.416 e. The first kappa shape index (κ1) is 13.5. The number of nitrogens with two attached hydrogens (primary N) is 1. The SMILES string of the molecule is NCC1(c2cc(C(F)(F)F)ccc2Cl)CC1(F)F. The van der Waals surface area contributed by atoms with Gasteiger partial charge in [-0.1, -0.05) is 11.6 Å². The van der Waals surface area contributed by atoms with Gasteiger partial charge in [-0.25, -0.2) is 8.78 Å². The molecule has 1 fully saturated rings. The van der Waals surface area contributed by atoms with Crippen molar-refractivity contribution in [3.8, 4) is 0 Å². The van der Waals surface area contributed by atoms with Crippen molar-refractivity contribution in [2.45, 2.75) is 23.9 Å².